The number of halogens is 1. The van der Waals surface area contributed by atoms with Crippen LogP contribution in [0.1, 0.15) is 41.3 Å². The highest BCUT2D eigenvalue weighted by Crippen LogP contribution is 2.23. The summed E-state index contributed by atoms with van der Waals surface area (Å²) in [5.74, 6) is -0.00813. The van der Waals surface area contributed by atoms with Gasteiger partial charge in [-0.15, -0.1) is 0 Å². The Morgan fingerprint density at radius 1 is 1.15 bits per heavy atom. The van der Waals surface area contributed by atoms with Crippen LogP contribution in [0.3, 0.4) is 0 Å². The Kier molecular flexibility index (Phi) is 4.96. The van der Waals surface area contributed by atoms with E-state index in [9.17, 15) is 4.79 Å². The Labute approximate surface area is 128 Å². The number of hydrogen-bond donors (Lipinski definition) is 1. The van der Waals surface area contributed by atoms with Crippen LogP contribution in [0.2, 0.25) is 0 Å². The molecule has 2 rings (SSSR count). The van der Waals surface area contributed by atoms with Crippen molar-refractivity contribution >= 4 is 27.4 Å². The second-order valence-electron chi connectivity index (χ2n) is 4.87. The molecule has 0 amide bonds. The van der Waals surface area contributed by atoms with Crippen LogP contribution in [-0.2, 0) is 6.42 Å². The smallest absolute Gasteiger partial charge is 0.194 e. The molecule has 2 N–H and O–H groups in total. The van der Waals surface area contributed by atoms with Crippen LogP contribution in [0.15, 0.2) is 46.9 Å². The number of rotatable bonds is 5. The van der Waals surface area contributed by atoms with E-state index in [2.05, 4.69) is 22.9 Å². The Balaban J connectivity index is 2.22. The highest BCUT2D eigenvalue weighted by molar-refractivity contribution is 9.10. The van der Waals surface area contributed by atoms with Crippen LogP contribution in [-0.4, -0.2) is 5.78 Å². The summed E-state index contributed by atoms with van der Waals surface area (Å²) in [6.45, 7) is 2.18. The molecule has 0 heterocycles. The first-order valence-electron chi connectivity index (χ1n) is 6.80. The molecule has 20 heavy (non-hydrogen) atoms. The van der Waals surface area contributed by atoms with Gasteiger partial charge in [-0.25, -0.2) is 0 Å². The molecule has 0 spiro atoms. The molecule has 0 bridgehead atoms. The molecule has 0 aliphatic rings. The average molecular weight is 332 g/mol. The monoisotopic (exact) mass is 331 g/mol. The van der Waals surface area contributed by atoms with E-state index >= 15 is 0 Å². The number of ketones is 1. The molecule has 104 valence electrons. The van der Waals surface area contributed by atoms with Crippen LogP contribution in [0.5, 0.6) is 0 Å². The van der Waals surface area contributed by atoms with Gasteiger partial charge >= 0.3 is 0 Å². The second kappa shape index (κ2) is 6.71. The lowest BCUT2D eigenvalue weighted by Crippen LogP contribution is -2.03. The number of aryl methyl sites for hydroxylation is 1. The molecular formula is C17H18BrNO. The van der Waals surface area contributed by atoms with Gasteiger partial charge in [-0.2, -0.15) is 0 Å². The van der Waals surface area contributed by atoms with Crippen molar-refractivity contribution in [3.05, 3.63) is 63.6 Å². The van der Waals surface area contributed by atoms with Crippen molar-refractivity contribution in [3.8, 4) is 0 Å². The van der Waals surface area contributed by atoms with Crippen molar-refractivity contribution < 1.29 is 4.79 Å². The standard InChI is InChI=1S/C17H18BrNO/c1-2-3-4-12-5-7-13(8-6-12)17(20)15-11-14(19)9-10-16(15)18/h5-11H,2-4,19H2,1H3. The Morgan fingerprint density at radius 2 is 1.85 bits per heavy atom. The molecule has 2 aromatic rings. The highest BCUT2D eigenvalue weighted by Gasteiger charge is 2.12. The maximum Gasteiger partial charge on any atom is 0.194 e. The van der Waals surface area contributed by atoms with Crippen LogP contribution in [0.25, 0.3) is 0 Å². The fourth-order valence-corrected chi connectivity index (χ4v) is 2.50. The SMILES string of the molecule is CCCCc1ccc(C(=O)c2cc(N)ccc2Br)cc1. The second-order valence-corrected chi connectivity index (χ2v) is 5.72. The average Bonchev–Trinajstić information content (AvgIpc) is 2.47. The van der Waals surface area contributed by atoms with E-state index in [4.69, 9.17) is 5.73 Å². The quantitative estimate of drug-likeness (QED) is 0.642. The molecule has 0 aliphatic heterocycles. The fourth-order valence-electron chi connectivity index (χ4n) is 2.08. The fraction of sp³-hybridized carbons (Fsp3) is 0.235. The Morgan fingerprint density at radius 3 is 2.50 bits per heavy atom. The maximum absolute atomic E-state index is 12.5. The number of nitrogen functional groups attached to an aromatic ring is 1. The van der Waals surface area contributed by atoms with Crippen LogP contribution in [0, 0.1) is 0 Å². The first kappa shape index (κ1) is 14.8. The molecule has 0 saturated carbocycles. The van der Waals surface area contributed by atoms with Gasteiger partial charge < -0.3 is 5.73 Å². The Bertz CT molecular complexity index is 605. The lowest BCUT2D eigenvalue weighted by atomic mass is 10.00. The van der Waals surface area contributed by atoms with Gasteiger partial charge in [-0.3, -0.25) is 4.79 Å². The number of nitrogens with two attached hydrogens (primary N) is 1. The minimum Gasteiger partial charge on any atom is -0.399 e. The van der Waals surface area contributed by atoms with Crippen LogP contribution < -0.4 is 5.73 Å². The molecule has 0 saturated heterocycles. The summed E-state index contributed by atoms with van der Waals surface area (Å²) in [5, 5.41) is 0. The van der Waals surface area contributed by atoms with E-state index in [0.29, 0.717) is 16.8 Å². The van der Waals surface area contributed by atoms with Crippen molar-refractivity contribution in [3.63, 3.8) is 0 Å². The van der Waals surface area contributed by atoms with Gasteiger partial charge in [0.25, 0.3) is 0 Å². The van der Waals surface area contributed by atoms with Crippen molar-refractivity contribution in [2.24, 2.45) is 0 Å². The minimum absolute atomic E-state index is 0.00813. The number of carbonyl (C=O) groups is 1. The third-order valence-electron chi connectivity index (χ3n) is 3.27. The van der Waals surface area contributed by atoms with E-state index in [1.807, 2.05) is 24.3 Å². The zero-order valence-corrected chi connectivity index (χ0v) is 13.1. The topological polar surface area (TPSA) is 43.1 Å². The van der Waals surface area contributed by atoms with Crippen molar-refractivity contribution in [2.75, 3.05) is 5.73 Å². The molecule has 2 aromatic carbocycles. The van der Waals surface area contributed by atoms with Gasteiger partial charge in [0.1, 0.15) is 0 Å². The summed E-state index contributed by atoms with van der Waals surface area (Å²) in [6.07, 6.45) is 3.41. The van der Waals surface area contributed by atoms with Crippen molar-refractivity contribution in [1.82, 2.24) is 0 Å². The molecular weight excluding hydrogens is 314 g/mol. The summed E-state index contributed by atoms with van der Waals surface area (Å²) >= 11 is 3.40. The summed E-state index contributed by atoms with van der Waals surface area (Å²) < 4.78 is 0.770. The van der Waals surface area contributed by atoms with Gasteiger partial charge in [0.15, 0.2) is 5.78 Å². The van der Waals surface area contributed by atoms with Crippen molar-refractivity contribution in [2.45, 2.75) is 26.2 Å². The summed E-state index contributed by atoms with van der Waals surface area (Å²) in [6, 6.07) is 13.1. The third-order valence-corrected chi connectivity index (χ3v) is 3.96. The zero-order valence-electron chi connectivity index (χ0n) is 11.5. The van der Waals surface area contributed by atoms with Gasteiger partial charge in [-0.05, 0) is 36.6 Å². The largest absolute Gasteiger partial charge is 0.399 e. The maximum atomic E-state index is 12.5. The lowest BCUT2D eigenvalue weighted by Gasteiger charge is -2.06. The van der Waals surface area contributed by atoms with Crippen molar-refractivity contribution in [1.29, 1.82) is 0 Å². The predicted octanol–water partition coefficient (Wildman–Crippen LogP) is 4.60. The summed E-state index contributed by atoms with van der Waals surface area (Å²) in [4.78, 5) is 12.5. The van der Waals surface area contributed by atoms with E-state index in [0.717, 1.165) is 10.9 Å². The number of anilines is 1. The lowest BCUT2D eigenvalue weighted by molar-refractivity contribution is 0.103. The Hall–Kier alpha value is -1.61. The van der Waals surface area contributed by atoms with Gasteiger partial charge in [0.05, 0.1) is 0 Å². The number of benzene rings is 2. The van der Waals surface area contributed by atoms with E-state index in [1.54, 1.807) is 18.2 Å². The number of unbranched alkanes of at least 4 members (excludes halogenated alkanes) is 1. The first-order chi connectivity index (χ1) is 9.61. The van der Waals surface area contributed by atoms with E-state index in [1.165, 1.54) is 18.4 Å². The van der Waals surface area contributed by atoms with Crippen LogP contribution >= 0.6 is 15.9 Å². The van der Waals surface area contributed by atoms with Gasteiger partial charge in [-0.1, -0.05) is 53.5 Å². The zero-order chi connectivity index (χ0) is 14.5. The van der Waals surface area contributed by atoms with Gasteiger partial charge in [0.2, 0.25) is 0 Å². The normalized spacial score (nSPS) is 10.5. The van der Waals surface area contributed by atoms with Crippen LogP contribution in [0.4, 0.5) is 5.69 Å². The molecule has 0 fully saturated rings. The number of carbonyl (C=O) groups excluding carboxylic acids is 1. The third kappa shape index (κ3) is 3.48. The molecule has 2 nitrogen and oxygen atoms in total. The molecule has 0 unspecified atom stereocenters. The minimum atomic E-state index is -0.00813. The molecule has 3 heteroatoms. The number of hydrogen-bond acceptors (Lipinski definition) is 2. The molecule has 0 atom stereocenters. The summed E-state index contributed by atoms with van der Waals surface area (Å²) in [7, 11) is 0. The van der Waals surface area contributed by atoms with E-state index in [-0.39, 0.29) is 5.78 Å². The molecule has 0 radical (unpaired) electrons. The molecule has 0 aliphatic carbocycles. The molecule has 0 aromatic heterocycles. The first-order valence-corrected chi connectivity index (χ1v) is 7.59. The van der Waals surface area contributed by atoms with E-state index < -0.39 is 0 Å². The predicted molar refractivity (Wildman–Crippen MR) is 87.0 cm³/mol. The van der Waals surface area contributed by atoms with Gasteiger partial charge in [0, 0.05) is 21.3 Å². The summed E-state index contributed by atoms with van der Waals surface area (Å²) in [5.41, 5.74) is 8.91. The highest BCUT2D eigenvalue weighted by atomic mass is 79.9.